The molecule has 1 saturated heterocycles. The van der Waals surface area contributed by atoms with Crippen LogP contribution in [0.15, 0.2) is 55.0 Å². The van der Waals surface area contributed by atoms with Crippen molar-refractivity contribution >= 4 is 5.91 Å². The number of piperidine rings is 1. The average molecular weight is 418 g/mol. The SMILES string of the molecule is CC(CC(=O)N1CCC2(CC1)OCCc1cnc(-c3ccccc3)nc12)n1cccn1. The zero-order valence-corrected chi connectivity index (χ0v) is 17.8. The molecule has 1 amide bonds. The first kappa shape index (κ1) is 19.9. The predicted molar refractivity (Wildman–Crippen MR) is 116 cm³/mol. The quantitative estimate of drug-likeness (QED) is 0.651. The van der Waals surface area contributed by atoms with E-state index in [9.17, 15) is 4.79 Å². The molecule has 1 aromatic carbocycles. The van der Waals surface area contributed by atoms with Gasteiger partial charge in [0.05, 0.1) is 18.3 Å². The van der Waals surface area contributed by atoms with Gasteiger partial charge in [-0.1, -0.05) is 30.3 Å². The van der Waals surface area contributed by atoms with Crippen LogP contribution in [0.1, 0.15) is 43.5 Å². The summed E-state index contributed by atoms with van der Waals surface area (Å²) in [5.74, 6) is 0.900. The van der Waals surface area contributed by atoms with Crippen LogP contribution in [-0.2, 0) is 21.6 Å². The highest BCUT2D eigenvalue weighted by molar-refractivity contribution is 5.76. The van der Waals surface area contributed by atoms with Crippen LogP contribution in [0.5, 0.6) is 0 Å². The Hall–Kier alpha value is -3.06. The highest BCUT2D eigenvalue weighted by atomic mass is 16.5. The first-order chi connectivity index (χ1) is 15.1. The van der Waals surface area contributed by atoms with E-state index in [4.69, 9.17) is 9.72 Å². The van der Waals surface area contributed by atoms with E-state index in [1.54, 1.807) is 6.20 Å². The lowest BCUT2D eigenvalue weighted by Gasteiger charge is -2.44. The van der Waals surface area contributed by atoms with Crippen molar-refractivity contribution in [2.75, 3.05) is 19.7 Å². The van der Waals surface area contributed by atoms with Gasteiger partial charge in [-0.25, -0.2) is 9.97 Å². The van der Waals surface area contributed by atoms with Crippen LogP contribution < -0.4 is 0 Å². The van der Waals surface area contributed by atoms with Gasteiger partial charge < -0.3 is 9.64 Å². The molecule has 0 saturated carbocycles. The van der Waals surface area contributed by atoms with Gasteiger partial charge in [-0.15, -0.1) is 0 Å². The largest absolute Gasteiger partial charge is 0.368 e. The Labute approximate surface area is 182 Å². The van der Waals surface area contributed by atoms with Crippen molar-refractivity contribution in [1.82, 2.24) is 24.6 Å². The zero-order chi connectivity index (χ0) is 21.3. The molecule has 7 heteroatoms. The van der Waals surface area contributed by atoms with Crippen LogP contribution in [-0.4, -0.2) is 50.3 Å². The molecule has 2 aromatic heterocycles. The van der Waals surface area contributed by atoms with Crippen LogP contribution in [0.4, 0.5) is 0 Å². The van der Waals surface area contributed by atoms with Crippen molar-refractivity contribution in [3.63, 3.8) is 0 Å². The van der Waals surface area contributed by atoms with Crippen LogP contribution >= 0.6 is 0 Å². The van der Waals surface area contributed by atoms with Gasteiger partial charge >= 0.3 is 0 Å². The Kier molecular flexibility index (Phi) is 5.28. The predicted octanol–water partition coefficient (Wildman–Crippen LogP) is 3.38. The van der Waals surface area contributed by atoms with E-state index in [0.717, 1.165) is 41.9 Å². The first-order valence-corrected chi connectivity index (χ1v) is 11.0. The molecule has 1 fully saturated rings. The fraction of sp³-hybridized carbons (Fsp3) is 0.417. The summed E-state index contributed by atoms with van der Waals surface area (Å²) in [4.78, 5) is 24.4. The molecule has 4 heterocycles. The topological polar surface area (TPSA) is 73.1 Å². The number of likely N-dealkylation sites (tertiary alicyclic amines) is 1. The summed E-state index contributed by atoms with van der Waals surface area (Å²) in [5, 5.41) is 4.25. The average Bonchev–Trinajstić information content (AvgIpc) is 3.35. The second kappa shape index (κ2) is 8.23. The molecule has 3 aromatic rings. The highest BCUT2D eigenvalue weighted by Gasteiger charge is 2.43. The molecule has 0 radical (unpaired) electrons. The van der Waals surface area contributed by atoms with E-state index in [1.165, 1.54) is 0 Å². The van der Waals surface area contributed by atoms with Crippen LogP contribution in [0.3, 0.4) is 0 Å². The number of hydrogen-bond donors (Lipinski definition) is 0. The van der Waals surface area contributed by atoms with Crippen molar-refractivity contribution in [3.05, 3.63) is 66.2 Å². The third kappa shape index (κ3) is 3.85. The summed E-state index contributed by atoms with van der Waals surface area (Å²) in [7, 11) is 0. The molecule has 2 aliphatic rings. The minimum absolute atomic E-state index is 0.0474. The van der Waals surface area contributed by atoms with Gasteiger partial charge in [0, 0.05) is 43.7 Å². The molecule has 2 aliphatic heterocycles. The number of amides is 1. The lowest BCUT2D eigenvalue weighted by atomic mass is 9.83. The maximum atomic E-state index is 12.9. The first-order valence-electron chi connectivity index (χ1n) is 11.0. The number of hydrogen-bond acceptors (Lipinski definition) is 5. The normalized spacial score (nSPS) is 18.5. The number of carbonyl (C=O) groups excluding carboxylic acids is 1. The third-order valence-electron chi connectivity index (χ3n) is 6.45. The van der Waals surface area contributed by atoms with Gasteiger partial charge in [0.2, 0.25) is 5.91 Å². The molecule has 0 aliphatic carbocycles. The highest BCUT2D eigenvalue weighted by Crippen LogP contribution is 2.41. The van der Waals surface area contributed by atoms with Crippen molar-refractivity contribution in [3.8, 4) is 11.4 Å². The Morgan fingerprint density at radius 3 is 2.74 bits per heavy atom. The maximum absolute atomic E-state index is 12.9. The minimum Gasteiger partial charge on any atom is -0.368 e. The van der Waals surface area contributed by atoms with E-state index < -0.39 is 5.60 Å². The molecule has 0 bridgehead atoms. The van der Waals surface area contributed by atoms with E-state index in [2.05, 4.69) is 10.1 Å². The second-order valence-corrected chi connectivity index (χ2v) is 8.45. The van der Waals surface area contributed by atoms with Crippen LogP contribution in [0.25, 0.3) is 11.4 Å². The number of ether oxygens (including phenoxy) is 1. The van der Waals surface area contributed by atoms with E-state index in [-0.39, 0.29) is 11.9 Å². The fourth-order valence-corrected chi connectivity index (χ4v) is 4.65. The smallest absolute Gasteiger partial charge is 0.224 e. The number of rotatable bonds is 4. The standard InChI is InChI=1S/C24H27N5O2/c1-18(29-12-5-11-26-29)16-21(30)28-13-9-24(10-14-28)22-20(8-15-31-24)17-25-23(27-22)19-6-3-2-4-7-19/h2-7,11-12,17-18H,8-10,13-16H2,1H3. The van der Waals surface area contributed by atoms with Crippen LogP contribution in [0.2, 0.25) is 0 Å². The van der Waals surface area contributed by atoms with E-state index in [1.807, 2.05) is 65.3 Å². The lowest BCUT2D eigenvalue weighted by Crippen LogP contribution is -2.49. The van der Waals surface area contributed by atoms with Crippen molar-refractivity contribution in [2.45, 2.75) is 44.2 Å². The Bertz CT molecular complexity index is 1040. The molecule has 31 heavy (non-hydrogen) atoms. The van der Waals surface area contributed by atoms with Gasteiger partial charge in [-0.05, 0) is 37.8 Å². The third-order valence-corrected chi connectivity index (χ3v) is 6.45. The van der Waals surface area contributed by atoms with Gasteiger partial charge in [-0.3, -0.25) is 9.48 Å². The van der Waals surface area contributed by atoms with E-state index in [0.29, 0.717) is 26.1 Å². The summed E-state index contributed by atoms with van der Waals surface area (Å²) < 4.78 is 8.19. The number of benzene rings is 1. The minimum atomic E-state index is -0.426. The molecule has 0 N–H and O–H groups in total. The number of nitrogens with zero attached hydrogens (tertiary/aromatic N) is 5. The molecule has 160 valence electrons. The molecular formula is C24H27N5O2. The summed E-state index contributed by atoms with van der Waals surface area (Å²) in [6.07, 6.45) is 8.40. The molecule has 1 spiro atoms. The lowest BCUT2D eigenvalue weighted by molar-refractivity contribution is -0.142. The Balaban J connectivity index is 1.32. The zero-order valence-electron chi connectivity index (χ0n) is 17.8. The Morgan fingerprint density at radius 1 is 1.19 bits per heavy atom. The van der Waals surface area contributed by atoms with Crippen LogP contribution in [0, 0.1) is 0 Å². The Morgan fingerprint density at radius 2 is 2.00 bits per heavy atom. The summed E-state index contributed by atoms with van der Waals surface area (Å²) in [6.45, 7) is 4.05. The molecular weight excluding hydrogens is 390 g/mol. The van der Waals surface area contributed by atoms with Crippen molar-refractivity contribution in [1.29, 1.82) is 0 Å². The fourth-order valence-electron chi connectivity index (χ4n) is 4.65. The summed E-state index contributed by atoms with van der Waals surface area (Å²) in [5.41, 5.74) is 2.75. The molecule has 7 nitrogen and oxygen atoms in total. The van der Waals surface area contributed by atoms with Crippen molar-refractivity contribution < 1.29 is 9.53 Å². The summed E-state index contributed by atoms with van der Waals surface area (Å²) >= 11 is 0. The monoisotopic (exact) mass is 417 g/mol. The van der Waals surface area contributed by atoms with Gasteiger partial charge in [0.15, 0.2) is 5.82 Å². The molecule has 1 atom stereocenters. The number of carbonyl (C=O) groups is 1. The van der Waals surface area contributed by atoms with Gasteiger partial charge in [-0.2, -0.15) is 5.10 Å². The van der Waals surface area contributed by atoms with Crippen molar-refractivity contribution in [2.24, 2.45) is 0 Å². The molecule has 5 rings (SSSR count). The number of fused-ring (bicyclic) bond motifs is 2. The van der Waals surface area contributed by atoms with Gasteiger partial charge in [0.25, 0.3) is 0 Å². The van der Waals surface area contributed by atoms with E-state index >= 15 is 0 Å². The maximum Gasteiger partial charge on any atom is 0.224 e. The molecule has 1 unspecified atom stereocenters. The number of aromatic nitrogens is 4. The summed E-state index contributed by atoms with van der Waals surface area (Å²) in [6, 6.07) is 12.0. The second-order valence-electron chi connectivity index (χ2n) is 8.45. The van der Waals surface area contributed by atoms with Gasteiger partial charge in [0.1, 0.15) is 5.60 Å².